The van der Waals surface area contributed by atoms with E-state index in [1.54, 1.807) is 0 Å². The Hall–Kier alpha value is -3.32. The smallest absolute Gasteiger partial charge is 0.0462 e. The summed E-state index contributed by atoms with van der Waals surface area (Å²) in [7, 11) is 0. The van der Waals surface area contributed by atoms with Crippen LogP contribution < -0.4 is 4.90 Å². The van der Waals surface area contributed by atoms with Gasteiger partial charge in [0, 0.05) is 17.1 Å². The summed E-state index contributed by atoms with van der Waals surface area (Å²) in [5.41, 5.74) is 7.20. The fraction of sp³-hybridized carbons (Fsp3) is 0.111. The molecule has 28 heavy (non-hydrogen) atoms. The first-order valence-corrected chi connectivity index (χ1v) is 9.88. The molecule has 0 N–H and O–H groups in total. The lowest BCUT2D eigenvalue weighted by Crippen LogP contribution is -2.09. The molecule has 4 aromatic carbocycles. The number of benzene rings is 4. The van der Waals surface area contributed by atoms with E-state index < -0.39 is 0 Å². The molecule has 0 unspecified atom stereocenters. The highest BCUT2D eigenvalue weighted by molar-refractivity contribution is 5.78. The summed E-state index contributed by atoms with van der Waals surface area (Å²) in [4.78, 5) is 2.29. The second-order valence-electron chi connectivity index (χ2n) is 6.42. The third-order valence-corrected chi connectivity index (χ3v) is 4.54. The zero-order valence-corrected chi connectivity index (χ0v) is 16.8. The molecule has 0 aliphatic carbocycles. The molecular weight excluding hydrogens is 338 g/mol. The van der Waals surface area contributed by atoms with Crippen molar-refractivity contribution in [3.63, 3.8) is 0 Å². The molecule has 0 bridgehead atoms. The first-order valence-electron chi connectivity index (χ1n) is 9.88. The van der Waals surface area contributed by atoms with E-state index in [0.29, 0.717) is 0 Å². The van der Waals surface area contributed by atoms with Crippen LogP contribution >= 0.6 is 0 Å². The van der Waals surface area contributed by atoms with Crippen molar-refractivity contribution in [2.24, 2.45) is 0 Å². The van der Waals surface area contributed by atoms with Gasteiger partial charge in [0.1, 0.15) is 0 Å². The van der Waals surface area contributed by atoms with Crippen LogP contribution in [0, 0.1) is 6.92 Å². The average molecular weight is 366 g/mol. The molecule has 0 aliphatic rings. The maximum absolute atomic E-state index is 2.29. The Morgan fingerprint density at radius 1 is 0.429 bits per heavy atom. The minimum atomic E-state index is 1.15. The van der Waals surface area contributed by atoms with Crippen LogP contribution in [0.5, 0.6) is 0 Å². The highest BCUT2D eigenvalue weighted by Gasteiger charge is 2.12. The first kappa shape index (κ1) is 19.4. The first-order chi connectivity index (χ1) is 13.8. The summed E-state index contributed by atoms with van der Waals surface area (Å²) in [6.45, 7) is 6.12. The van der Waals surface area contributed by atoms with Crippen LogP contribution in [0.15, 0.2) is 109 Å². The van der Waals surface area contributed by atoms with E-state index in [-0.39, 0.29) is 0 Å². The van der Waals surface area contributed by atoms with Gasteiger partial charge in [-0.25, -0.2) is 0 Å². The summed E-state index contributed by atoms with van der Waals surface area (Å²) in [6, 6.07) is 38.4. The van der Waals surface area contributed by atoms with Crippen molar-refractivity contribution in [3.05, 3.63) is 115 Å². The predicted molar refractivity (Wildman–Crippen MR) is 123 cm³/mol. The summed E-state index contributed by atoms with van der Waals surface area (Å²) in [5.74, 6) is 0. The van der Waals surface area contributed by atoms with Gasteiger partial charge in [-0.3, -0.25) is 0 Å². The molecular formula is C27H27N. The van der Waals surface area contributed by atoms with Crippen molar-refractivity contribution >= 4 is 17.1 Å². The SMILES string of the molecule is CC.Cc1ccc(N(c2ccccc2)c2ccc(-c3ccccc3)cc2)cc1. The van der Waals surface area contributed by atoms with Crippen molar-refractivity contribution in [1.82, 2.24) is 0 Å². The molecule has 0 atom stereocenters. The topological polar surface area (TPSA) is 3.24 Å². The summed E-state index contributed by atoms with van der Waals surface area (Å²) >= 11 is 0. The number of aryl methyl sites for hydroxylation is 1. The molecule has 4 aromatic rings. The molecule has 1 nitrogen and oxygen atoms in total. The van der Waals surface area contributed by atoms with Crippen molar-refractivity contribution < 1.29 is 0 Å². The van der Waals surface area contributed by atoms with Crippen molar-refractivity contribution in [3.8, 4) is 11.1 Å². The van der Waals surface area contributed by atoms with Gasteiger partial charge >= 0.3 is 0 Å². The van der Waals surface area contributed by atoms with Gasteiger partial charge in [0.2, 0.25) is 0 Å². The van der Waals surface area contributed by atoms with Crippen LogP contribution in [0.3, 0.4) is 0 Å². The lowest BCUT2D eigenvalue weighted by Gasteiger charge is -2.25. The highest BCUT2D eigenvalue weighted by Crippen LogP contribution is 2.35. The normalized spacial score (nSPS) is 9.96. The van der Waals surface area contributed by atoms with Gasteiger partial charge in [-0.1, -0.05) is 92.2 Å². The second-order valence-corrected chi connectivity index (χ2v) is 6.42. The van der Waals surface area contributed by atoms with E-state index in [0.717, 1.165) is 17.1 Å². The number of hydrogen-bond donors (Lipinski definition) is 0. The maximum atomic E-state index is 2.29. The minimum Gasteiger partial charge on any atom is -0.311 e. The minimum absolute atomic E-state index is 1.15. The zero-order chi connectivity index (χ0) is 19.8. The molecule has 0 radical (unpaired) electrons. The summed E-state index contributed by atoms with van der Waals surface area (Å²) < 4.78 is 0. The largest absolute Gasteiger partial charge is 0.311 e. The van der Waals surface area contributed by atoms with Crippen molar-refractivity contribution in [2.45, 2.75) is 20.8 Å². The molecule has 0 heterocycles. The van der Waals surface area contributed by atoms with Crippen LogP contribution in [0.25, 0.3) is 11.1 Å². The number of rotatable bonds is 4. The lowest BCUT2D eigenvalue weighted by molar-refractivity contribution is 1.27. The van der Waals surface area contributed by atoms with E-state index in [2.05, 4.69) is 115 Å². The number of para-hydroxylation sites is 1. The fourth-order valence-corrected chi connectivity index (χ4v) is 3.15. The molecule has 4 rings (SSSR count). The Balaban J connectivity index is 0.00000109. The van der Waals surface area contributed by atoms with E-state index in [1.165, 1.54) is 16.7 Å². The van der Waals surface area contributed by atoms with Gasteiger partial charge in [0.15, 0.2) is 0 Å². The van der Waals surface area contributed by atoms with Crippen LogP contribution in [-0.4, -0.2) is 0 Å². The number of nitrogens with zero attached hydrogens (tertiary/aromatic N) is 1. The Kier molecular flexibility index (Phi) is 6.64. The Morgan fingerprint density at radius 2 is 0.821 bits per heavy atom. The molecule has 0 saturated carbocycles. The molecule has 0 fully saturated rings. The van der Waals surface area contributed by atoms with Gasteiger partial charge in [-0.05, 0) is 54.4 Å². The van der Waals surface area contributed by atoms with Gasteiger partial charge in [0.25, 0.3) is 0 Å². The third kappa shape index (κ3) is 4.50. The summed E-state index contributed by atoms with van der Waals surface area (Å²) in [5, 5.41) is 0. The predicted octanol–water partition coefficient (Wildman–Crippen LogP) is 8.16. The van der Waals surface area contributed by atoms with Gasteiger partial charge < -0.3 is 4.90 Å². The van der Waals surface area contributed by atoms with E-state index in [1.807, 2.05) is 19.9 Å². The molecule has 0 aliphatic heterocycles. The van der Waals surface area contributed by atoms with Gasteiger partial charge in [-0.15, -0.1) is 0 Å². The Labute approximate surface area is 168 Å². The van der Waals surface area contributed by atoms with Crippen LogP contribution in [-0.2, 0) is 0 Å². The molecule has 0 saturated heterocycles. The standard InChI is InChI=1S/C25H21N.C2H6/c1-20-12-16-24(17-13-20)26(23-10-6-3-7-11-23)25-18-14-22(15-19-25)21-8-4-2-5-9-21;1-2/h2-19H,1H3;1-2H3. The van der Waals surface area contributed by atoms with Crippen molar-refractivity contribution in [2.75, 3.05) is 4.90 Å². The maximum Gasteiger partial charge on any atom is 0.0462 e. The monoisotopic (exact) mass is 365 g/mol. The molecule has 0 aromatic heterocycles. The molecule has 0 amide bonds. The number of anilines is 3. The van der Waals surface area contributed by atoms with Crippen LogP contribution in [0.4, 0.5) is 17.1 Å². The Morgan fingerprint density at radius 3 is 1.36 bits per heavy atom. The molecule has 0 spiro atoms. The average Bonchev–Trinajstić information content (AvgIpc) is 2.79. The zero-order valence-electron chi connectivity index (χ0n) is 16.8. The van der Waals surface area contributed by atoms with Gasteiger partial charge in [0.05, 0.1) is 0 Å². The summed E-state index contributed by atoms with van der Waals surface area (Å²) in [6.07, 6.45) is 0. The van der Waals surface area contributed by atoms with E-state index >= 15 is 0 Å². The Bertz CT molecular complexity index is 956. The quantitative estimate of drug-likeness (QED) is 0.352. The fourth-order valence-electron chi connectivity index (χ4n) is 3.15. The van der Waals surface area contributed by atoms with Crippen LogP contribution in [0.2, 0.25) is 0 Å². The third-order valence-electron chi connectivity index (χ3n) is 4.54. The van der Waals surface area contributed by atoms with Crippen molar-refractivity contribution in [1.29, 1.82) is 0 Å². The molecule has 140 valence electrons. The van der Waals surface area contributed by atoms with Gasteiger partial charge in [-0.2, -0.15) is 0 Å². The second kappa shape index (κ2) is 9.57. The van der Waals surface area contributed by atoms with E-state index in [9.17, 15) is 0 Å². The highest BCUT2D eigenvalue weighted by atomic mass is 15.1. The number of hydrogen-bond acceptors (Lipinski definition) is 1. The van der Waals surface area contributed by atoms with Crippen LogP contribution in [0.1, 0.15) is 19.4 Å². The lowest BCUT2D eigenvalue weighted by atomic mass is 10.0. The van der Waals surface area contributed by atoms with E-state index in [4.69, 9.17) is 0 Å². The molecule has 1 heteroatoms.